The first-order valence-electron chi connectivity index (χ1n) is 5.13. The minimum atomic E-state index is -2.67. The lowest BCUT2D eigenvalue weighted by atomic mass is 10.4. The van der Waals surface area contributed by atoms with Crippen molar-refractivity contribution in [3.8, 4) is 0 Å². The van der Waals surface area contributed by atoms with Crippen LogP contribution in [0, 0.1) is 0 Å². The molecular formula is C13H16IO2P. The first-order chi connectivity index (χ1) is 8.06. The van der Waals surface area contributed by atoms with Gasteiger partial charge in [0, 0.05) is 6.66 Å². The fourth-order valence-corrected chi connectivity index (χ4v) is 5.81. The molecule has 1 aliphatic heterocycles. The molecule has 1 aliphatic rings. The SMILES string of the molecule is C=C/C=C\C=C(/C)OP(C)(=O)C1=CC=CC=I1. The van der Waals surface area contributed by atoms with E-state index in [1.165, 1.54) is 0 Å². The number of hydrogen-bond acceptors (Lipinski definition) is 2. The fourth-order valence-electron chi connectivity index (χ4n) is 1.16. The minimum Gasteiger partial charge on any atom is -0.445 e. The molecule has 1 unspecified atom stereocenters. The van der Waals surface area contributed by atoms with E-state index in [0.717, 1.165) is 3.32 Å². The quantitative estimate of drug-likeness (QED) is 0.306. The molecule has 0 fully saturated rings. The van der Waals surface area contributed by atoms with E-state index in [-0.39, 0.29) is 20.7 Å². The van der Waals surface area contributed by atoms with Crippen molar-refractivity contribution in [2.24, 2.45) is 0 Å². The average Bonchev–Trinajstić information content (AvgIpc) is 2.30. The van der Waals surface area contributed by atoms with Crippen LogP contribution >= 0.6 is 28.1 Å². The summed E-state index contributed by atoms with van der Waals surface area (Å²) >= 11 is -0.290. The summed E-state index contributed by atoms with van der Waals surface area (Å²) in [6.45, 7) is 7.07. The van der Waals surface area contributed by atoms with Crippen LogP contribution in [-0.2, 0) is 9.09 Å². The van der Waals surface area contributed by atoms with Crippen LogP contribution in [0.2, 0.25) is 0 Å². The van der Waals surface area contributed by atoms with Gasteiger partial charge in [0.15, 0.2) is 0 Å². The van der Waals surface area contributed by atoms with Crippen molar-refractivity contribution in [3.63, 3.8) is 0 Å². The smallest absolute Gasteiger partial charge is 0.279 e. The maximum Gasteiger partial charge on any atom is 0.279 e. The van der Waals surface area contributed by atoms with Crippen LogP contribution in [0.3, 0.4) is 0 Å². The van der Waals surface area contributed by atoms with Gasteiger partial charge in [-0.25, -0.2) is 0 Å². The first kappa shape index (κ1) is 14.4. The van der Waals surface area contributed by atoms with Gasteiger partial charge in [-0.2, -0.15) is 0 Å². The highest BCUT2D eigenvalue weighted by atomic mass is 127. The van der Waals surface area contributed by atoms with E-state index in [1.807, 2.05) is 31.2 Å². The Kier molecular flexibility index (Phi) is 5.86. The Labute approximate surface area is 113 Å². The summed E-state index contributed by atoms with van der Waals surface area (Å²) in [7, 11) is -2.67. The molecule has 4 heteroatoms. The minimum absolute atomic E-state index is 0.290. The first-order valence-corrected chi connectivity index (χ1v) is 9.53. The van der Waals surface area contributed by atoms with Crippen LogP contribution in [0.1, 0.15) is 6.92 Å². The van der Waals surface area contributed by atoms with E-state index in [0.29, 0.717) is 5.76 Å². The van der Waals surface area contributed by atoms with Gasteiger partial charge in [0.2, 0.25) is 0 Å². The Balaban J connectivity index is 2.76. The lowest BCUT2D eigenvalue weighted by molar-refractivity contribution is 0.418. The molecule has 0 radical (unpaired) electrons. The third-order valence-corrected chi connectivity index (χ3v) is 8.49. The van der Waals surface area contributed by atoms with Gasteiger partial charge >= 0.3 is 0 Å². The van der Waals surface area contributed by atoms with Crippen LogP contribution < -0.4 is 0 Å². The molecule has 0 bridgehead atoms. The van der Waals surface area contributed by atoms with Gasteiger partial charge in [0.1, 0.15) is 5.76 Å². The molecule has 0 N–H and O–H groups in total. The monoisotopic (exact) mass is 362 g/mol. The summed E-state index contributed by atoms with van der Waals surface area (Å²) in [5.74, 6) is 0.661. The van der Waals surface area contributed by atoms with E-state index < -0.39 is 7.37 Å². The van der Waals surface area contributed by atoms with Gasteiger partial charge in [0.25, 0.3) is 7.37 Å². The highest BCUT2D eigenvalue weighted by Crippen LogP contribution is 2.58. The van der Waals surface area contributed by atoms with Crippen LogP contribution in [0.5, 0.6) is 0 Å². The van der Waals surface area contributed by atoms with Gasteiger partial charge in [-0.05, 0) is 23.1 Å². The normalized spacial score (nSPS) is 19.4. The average molecular weight is 362 g/mol. The Hall–Kier alpha value is -0.670. The molecular weight excluding hydrogens is 346 g/mol. The molecule has 1 heterocycles. The van der Waals surface area contributed by atoms with Crippen molar-refractivity contribution in [1.82, 2.24) is 0 Å². The Morgan fingerprint density at radius 2 is 2.24 bits per heavy atom. The van der Waals surface area contributed by atoms with Gasteiger partial charge < -0.3 is 4.52 Å². The maximum absolute atomic E-state index is 12.4. The molecule has 0 amide bonds. The van der Waals surface area contributed by atoms with Crippen LogP contribution in [0.4, 0.5) is 0 Å². The lowest BCUT2D eigenvalue weighted by Crippen LogP contribution is -1.88. The van der Waals surface area contributed by atoms with E-state index in [4.69, 9.17) is 4.52 Å². The zero-order valence-corrected chi connectivity index (χ0v) is 13.0. The van der Waals surface area contributed by atoms with E-state index in [2.05, 4.69) is 10.6 Å². The molecule has 17 heavy (non-hydrogen) atoms. The third-order valence-electron chi connectivity index (χ3n) is 1.88. The van der Waals surface area contributed by atoms with Gasteiger partial charge in [-0.1, -0.05) is 57.7 Å². The third kappa shape index (κ3) is 5.00. The summed E-state index contributed by atoms with van der Waals surface area (Å²) in [5, 5.41) is 0. The van der Waals surface area contributed by atoms with Gasteiger partial charge in [-0.15, -0.1) is 0 Å². The summed E-state index contributed by atoms with van der Waals surface area (Å²) in [6, 6.07) is 0. The maximum atomic E-state index is 12.4. The van der Waals surface area contributed by atoms with Crippen molar-refractivity contribution < 1.29 is 9.09 Å². The Morgan fingerprint density at radius 1 is 1.47 bits per heavy atom. The highest BCUT2D eigenvalue weighted by Gasteiger charge is 2.22. The summed E-state index contributed by atoms with van der Waals surface area (Å²) in [4.78, 5) is 0. The number of hydrogen-bond donors (Lipinski definition) is 0. The van der Waals surface area contributed by atoms with E-state index >= 15 is 0 Å². The predicted molar refractivity (Wildman–Crippen MR) is 85.0 cm³/mol. The molecule has 0 aromatic carbocycles. The topological polar surface area (TPSA) is 26.3 Å². The zero-order chi connectivity index (χ0) is 12.7. The standard InChI is InChI=1S/C13H16IO2P/c1-4-5-6-9-12(2)16-17(3,15)13-10-7-8-11-14-13/h4-11H,1H2,2-3H3/b6-5-,12-9+. The Bertz CT molecular complexity index is 482. The molecule has 0 aromatic rings. The zero-order valence-electron chi connectivity index (χ0n) is 9.97. The summed E-state index contributed by atoms with van der Waals surface area (Å²) in [6.07, 6.45) is 12.9. The predicted octanol–water partition coefficient (Wildman–Crippen LogP) is 4.74. The van der Waals surface area contributed by atoms with Crippen molar-refractivity contribution in [2.45, 2.75) is 6.92 Å². The number of halogens is 1. The molecule has 0 aliphatic carbocycles. The molecule has 92 valence electrons. The molecule has 0 spiro atoms. The van der Waals surface area contributed by atoms with E-state index in [1.54, 1.807) is 24.9 Å². The van der Waals surface area contributed by atoms with Crippen LogP contribution in [-0.4, -0.2) is 10.7 Å². The van der Waals surface area contributed by atoms with E-state index in [9.17, 15) is 4.57 Å². The lowest BCUT2D eigenvalue weighted by Gasteiger charge is -2.16. The van der Waals surface area contributed by atoms with Gasteiger partial charge in [0.05, 0.1) is 3.32 Å². The fraction of sp³-hybridized carbons (Fsp3) is 0.154. The summed E-state index contributed by atoms with van der Waals surface area (Å²) < 4.78 is 21.0. The number of allylic oxidation sites excluding steroid dienone is 8. The molecule has 0 saturated heterocycles. The molecule has 2 nitrogen and oxygen atoms in total. The molecule has 0 aromatic heterocycles. The second kappa shape index (κ2) is 6.92. The van der Waals surface area contributed by atoms with Crippen molar-refractivity contribution in [3.05, 3.63) is 58.2 Å². The van der Waals surface area contributed by atoms with Crippen molar-refractivity contribution >= 4 is 32.1 Å². The Morgan fingerprint density at radius 3 is 2.82 bits per heavy atom. The molecule has 1 rings (SSSR count). The second-order valence-corrected chi connectivity index (χ2v) is 9.16. The van der Waals surface area contributed by atoms with Crippen LogP contribution in [0.25, 0.3) is 0 Å². The van der Waals surface area contributed by atoms with Crippen LogP contribution in [0.15, 0.2) is 58.2 Å². The van der Waals surface area contributed by atoms with Crippen molar-refractivity contribution in [1.29, 1.82) is 0 Å². The largest absolute Gasteiger partial charge is 0.445 e. The second-order valence-electron chi connectivity index (χ2n) is 3.44. The molecule has 1 atom stereocenters. The molecule has 0 saturated carbocycles. The number of rotatable bonds is 5. The van der Waals surface area contributed by atoms with Gasteiger partial charge in [-0.3, -0.25) is 4.57 Å². The summed E-state index contributed by atoms with van der Waals surface area (Å²) in [5.41, 5.74) is 0. The van der Waals surface area contributed by atoms with Crippen molar-refractivity contribution in [2.75, 3.05) is 6.66 Å². The highest BCUT2D eigenvalue weighted by molar-refractivity contribution is 14.2.